The van der Waals surface area contributed by atoms with Gasteiger partial charge in [0.2, 0.25) is 11.8 Å². The van der Waals surface area contributed by atoms with Gasteiger partial charge in [0, 0.05) is 32.5 Å². The minimum absolute atomic E-state index is 0.0259. The molecular weight excluding hydrogens is 548 g/mol. The van der Waals surface area contributed by atoms with Crippen LogP contribution in [0.15, 0.2) is 71.4 Å². The van der Waals surface area contributed by atoms with Crippen LogP contribution in [0.3, 0.4) is 0 Å². The van der Waals surface area contributed by atoms with Crippen LogP contribution in [0, 0.1) is 6.92 Å². The van der Waals surface area contributed by atoms with Gasteiger partial charge in [-0.1, -0.05) is 58.9 Å². The van der Waals surface area contributed by atoms with E-state index in [4.69, 9.17) is 4.52 Å². The van der Waals surface area contributed by atoms with Crippen molar-refractivity contribution in [3.8, 4) is 5.69 Å². The van der Waals surface area contributed by atoms with Crippen molar-refractivity contribution >= 4 is 17.7 Å². The molecule has 2 aliphatic rings. The first-order valence-corrected chi connectivity index (χ1v) is 14.5. The van der Waals surface area contributed by atoms with E-state index in [1.54, 1.807) is 17.8 Å². The monoisotopic (exact) mass is 582 g/mol. The molecule has 2 aromatic heterocycles. The van der Waals surface area contributed by atoms with Crippen molar-refractivity contribution in [3.05, 3.63) is 95.1 Å². The molecule has 4 heterocycles. The Morgan fingerprint density at radius 3 is 2.47 bits per heavy atom. The second-order valence-electron chi connectivity index (χ2n) is 11.3. The number of nitrogens with one attached hydrogen (secondary N) is 3. The zero-order valence-electron chi connectivity index (χ0n) is 24.0. The molecule has 12 nitrogen and oxygen atoms in total. The Morgan fingerprint density at radius 1 is 1.00 bits per heavy atom. The Balaban J connectivity index is 1.23. The van der Waals surface area contributed by atoms with Gasteiger partial charge in [0.05, 0.1) is 35.4 Å². The molecular formula is C31H34N8O4. The number of hydrogen-bond acceptors (Lipinski definition) is 8. The van der Waals surface area contributed by atoms with Crippen LogP contribution in [-0.4, -0.2) is 67.4 Å². The first-order valence-electron chi connectivity index (χ1n) is 14.5. The largest absolute Gasteiger partial charge is 0.358 e. The van der Waals surface area contributed by atoms with E-state index in [2.05, 4.69) is 48.5 Å². The van der Waals surface area contributed by atoms with Gasteiger partial charge in [-0.25, -0.2) is 4.68 Å². The van der Waals surface area contributed by atoms with Crippen molar-refractivity contribution < 1.29 is 18.9 Å². The average molecular weight is 583 g/mol. The molecule has 222 valence electrons. The number of benzene rings is 2. The maximum atomic E-state index is 13.6. The molecule has 1 atom stereocenters. The maximum absolute atomic E-state index is 13.6. The Hall–Kier alpha value is -4.84. The molecule has 0 unspecified atom stereocenters. The molecule has 0 bridgehead atoms. The lowest BCUT2D eigenvalue weighted by molar-refractivity contribution is -0.130. The van der Waals surface area contributed by atoms with Crippen molar-refractivity contribution in [1.82, 2.24) is 41.0 Å². The number of amides is 3. The Morgan fingerprint density at radius 2 is 1.72 bits per heavy atom. The van der Waals surface area contributed by atoms with Gasteiger partial charge in [0.15, 0.2) is 5.76 Å². The van der Waals surface area contributed by atoms with Gasteiger partial charge in [-0.2, -0.15) is 0 Å². The normalized spacial score (nSPS) is 19.5. The average Bonchev–Trinajstić information content (AvgIpc) is 3.63. The van der Waals surface area contributed by atoms with Crippen LogP contribution >= 0.6 is 0 Å². The zero-order valence-corrected chi connectivity index (χ0v) is 24.0. The van der Waals surface area contributed by atoms with Crippen LogP contribution in [0.25, 0.3) is 5.69 Å². The molecule has 2 aliphatic heterocycles. The number of piperidine rings is 1. The van der Waals surface area contributed by atoms with Crippen molar-refractivity contribution in [2.45, 2.75) is 57.3 Å². The number of likely N-dealkylation sites (tertiary alicyclic amines) is 1. The standard InChI is InChI=1S/C31H34N8O4/c1-21-28-26(43-36-21)18-32-29(41)25(16-23-20-39(37-35-23)24-10-6-3-7-11-24)33-27(40)17-31(34-30(28)42)12-14-38(15-13-31)19-22-8-4-2-5-9-22/h2-11,20,25H,12-19H2,1H3,(H,32,41)(H,33,40)(H,34,42)/t25-/m1/s1. The smallest absolute Gasteiger partial charge is 0.257 e. The van der Waals surface area contributed by atoms with Crippen LogP contribution in [0.4, 0.5) is 0 Å². The summed E-state index contributed by atoms with van der Waals surface area (Å²) in [6, 6.07) is 18.8. The van der Waals surface area contributed by atoms with E-state index in [1.807, 2.05) is 48.5 Å². The highest BCUT2D eigenvalue weighted by Crippen LogP contribution is 2.29. The Kier molecular flexibility index (Phi) is 8.01. The van der Waals surface area contributed by atoms with Gasteiger partial charge in [0.25, 0.3) is 5.91 Å². The summed E-state index contributed by atoms with van der Waals surface area (Å²) in [6.45, 7) is 3.83. The predicted molar refractivity (Wildman–Crippen MR) is 156 cm³/mol. The summed E-state index contributed by atoms with van der Waals surface area (Å²) in [4.78, 5) is 42.8. The fourth-order valence-corrected chi connectivity index (χ4v) is 5.82. The first kappa shape index (κ1) is 28.3. The fourth-order valence-electron chi connectivity index (χ4n) is 5.82. The molecule has 3 amide bonds. The van der Waals surface area contributed by atoms with E-state index in [-0.39, 0.29) is 42.5 Å². The Labute approximate surface area is 248 Å². The molecule has 1 spiro atoms. The number of carbonyl (C=O) groups excluding carboxylic acids is 3. The number of aryl methyl sites for hydroxylation is 1. The number of aromatic nitrogens is 4. The third-order valence-electron chi connectivity index (χ3n) is 8.15. The van der Waals surface area contributed by atoms with Gasteiger partial charge in [-0.15, -0.1) is 5.10 Å². The SMILES string of the molecule is Cc1noc2c1C(=O)NC1(CCN(Cc3ccccc3)CC1)CC(=O)N[C@H](Cc1cn(-c3ccccc3)nn1)C(=O)NC2. The van der Waals surface area contributed by atoms with E-state index in [9.17, 15) is 14.4 Å². The van der Waals surface area contributed by atoms with Gasteiger partial charge in [-0.3, -0.25) is 19.3 Å². The molecule has 0 radical (unpaired) electrons. The van der Waals surface area contributed by atoms with Crippen molar-refractivity contribution in [2.24, 2.45) is 0 Å². The summed E-state index contributed by atoms with van der Waals surface area (Å²) in [5, 5.41) is 21.3. The lowest BCUT2D eigenvalue weighted by Crippen LogP contribution is -2.58. The lowest BCUT2D eigenvalue weighted by atomic mass is 9.83. The van der Waals surface area contributed by atoms with Gasteiger partial charge < -0.3 is 20.5 Å². The van der Waals surface area contributed by atoms with E-state index in [0.29, 0.717) is 37.3 Å². The molecule has 4 aromatic rings. The molecule has 0 saturated carbocycles. The molecule has 43 heavy (non-hydrogen) atoms. The summed E-state index contributed by atoms with van der Waals surface area (Å²) in [6.07, 6.45) is 3.05. The van der Waals surface area contributed by atoms with Crippen molar-refractivity contribution in [3.63, 3.8) is 0 Å². The summed E-state index contributed by atoms with van der Waals surface area (Å²) >= 11 is 0. The molecule has 3 N–H and O–H groups in total. The lowest BCUT2D eigenvalue weighted by Gasteiger charge is -2.42. The van der Waals surface area contributed by atoms with Crippen LogP contribution in [0.1, 0.15) is 52.3 Å². The number of fused-ring (bicyclic) bond motifs is 1. The summed E-state index contributed by atoms with van der Waals surface area (Å²) < 4.78 is 7.08. The molecule has 1 saturated heterocycles. The summed E-state index contributed by atoms with van der Waals surface area (Å²) in [7, 11) is 0. The number of carbonyl (C=O) groups is 3. The highest BCUT2D eigenvalue weighted by molar-refractivity contribution is 5.97. The predicted octanol–water partition coefficient (Wildman–Crippen LogP) is 2.08. The molecule has 1 fully saturated rings. The van der Waals surface area contributed by atoms with Crippen LogP contribution in [0.5, 0.6) is 0 Å². The quantitative estimate of drug-likeness (QED) is 0.324. The van der Waals surface area contributed by atoms with Gasteiger partial charge in [0.1, 0.15) is 11.6 Å². The zero-order chi connectivity index (χ0) is 29.8. The van der Waals surface area contributed by atoms with E-state index in [0.717, 1.165) is 12.2 Å². The van der Waals surface area contributed by atoms with Gasteiger partial charge >= 0.3 is 0 Å². The van der Waals surface area contributed by atoms with Crippen molar-refractivity contribution in [1.29, 1.82) is 0 Å². The minimum Gasteiger partial charge on any atom is -0.358 e. The molecule has 6 rings (SSSR count). The number of nitrogens with zero attached hydrogens (tertiary/aromatic N) is 5. The van der Waals surface area contributed by atoms with Crippen LogP contribution < -0.4 is 16.0 Å². The Bertz CT molecular complexity index is 1590. The second-order valence-corrected chi connectivity index (χ2v) is 11.3. The number of para-hydroxylation sites is 1. The van der Waals surface area contributed by atoms with Crippen LogP contribution in [-0.2, 0) is 29.1 Å². The second kappa shape index (κ2) is 12.2. The highest BCUT2D eigenvalue weighted by Gasteiger charge is 2.40. The molecule has 0 aliphatic carbocycles. The van der Waals surface area contributed by atoms with Crippen LogP contribution in [0.2, 0.25) is 0 Å². The third kappa shape index (κ3) is 6.49. The topological polar surface area (TPSA) is 147 Å². The number of hydrogen-bond donors (Lipinski definition) is 3. The maximum Gasteiger partial charge on any atom is 0.257 e. The number of rotatable bonds is 5. The fraction of sp³-hybridized carbons (Fsp3) is 0.355. The molecule has 2 aromatic carbocycles. The van der Waals surface area contributed by atoms with E-state index >= 15 is 0 Å². The minimum atomic E-state index is -0.911. The van der Waals surface area contributed by atoms with E-state index in [1.165, 1.54) is 5.56 Å². The highest BCUT2D eigenvalue weighted by atomic mass is 16.5. The van der Waals surface area contributed by atoms with Gasteiger partial charge in [-0.05, 0) is 37.5 Å². The third-order valence-corrected chi connectivity index (χ3v) is 8.15. The molecule has 12 heteroatoms. The summed E-state index contributed by atoms with van der Waals surface area (Å²) in [5.74, 6) is -0.840. The van der Waals surface area contributed by atoms with E-state index < -0.39 is 17.5 Å². The first-order chi connectivity index (χ1) is 20.9. The van der Waals surface area contributed by atoms with Crippen molar-refractivity contribution in [2.75, 3.05) is 13.1 Å². The summed E-state index contributed by atoms with van der Waals surface area (Å²) in [5.41, 5.74) is 2.50.